The molecule has 10 heteroatoms. The second kappa shape index (κ2) is 24.1. The number of rotatable bonds is 30. The van der Waals surface area contributed by atoms with E-state index in [1.165, 1.54) is 0 Å². The van der Waals surface area contributed by atoms with E-state index in [4.69, 9.17) is 5.73 Å². The van der Waals surface area contributed by atoms with Crippen LogP contribution in [0.15, 0.2) is 0 Å². The summed E-state index contributed by atoms with van der Waals surface area (Å²) >= 11 is 0. The Bertz CT molecular complexity index is 1030. The molecule has 0 radical (unpaired) electrons. The molecule has 0 bridgehead atoms. The summed E-state index contributed by atoms with van der Waals surface area (Å²) < 4.78 is 0. The zero-order chi connectivity index (χ0) is 41.9. The number of carbonyl (C=O) groups excluding carboxylic acids is 3. The molecule has 0 aliphatic rings. The van der Waals surface area contributed by atoms with Crippen molar-refractivity contribution < 1.29 is 14.4 Å². The van der Waals surface area contributed by atoms with Crippen LogP contribution in [0.3, 0.4) is 0 Å². The van der Waals surface area contributed by atoms with Crippen LogP contribution in [0.4, 0.5) is 0 Å². The predicted molar refractivity (Wildman–Crippen MR) is 230 cm³/mol. The van der Waals surface area contributed by atoms with Crippen LogP contribution in [0.5, 0.6) is 0 Å². The molecule has 10 nitrogen and oxygen atoms in total. The minimum absolute atomic E-state index is 0.000136. The second-order valence-corrected chi connectivity index (χ2v) is 21.4. The number of nitrogens with zero attached hydrogens (tertiary/aromatic N) is 2. The van der Waals surface area contributed by atoms with Crippen molar-refractivity contribution in [2.45, 2.75) is 155 Å². The molecule has 0 aromatic carbocycles. The number of nitrogens with one attached hydrogen (secondary N) is 4. The van der Waals surface area contributed by atoms with E-state index in [0.717, 1.165) is 58.3 Å². The molecule has 6 N–H and O–H groups in total. The Morgan fingerprint density at radius 1 is 0.463 bits per heavy atom. The van der Waals surface area contributed by atoms with Gasteiger partial charge in [0.25, 0.3) is 0 Å². The van der Waals surface area contributed by atoms with Crippen LogP contribution in [0, 0.1) is 32.5 Å². The van der Waals surface area contributed by atoms with Crippen molar-refractivity contribution in [1.29, 1.82) is 0 Å². The van der Waals surface area contributed by atoms with Gasteiger partial charge in [0, 0.05) is 97.8 Å². The largest absolute Gasteiger partial charge is 0.356 e. The highest BCUT2D eigenvalue weighted by molar-refractivity contribution is 5.77. The first kappa shape index (κ1) is 52.2. The van der Waals surface area contributed by atoms with Crippen LogP contribution in [0.25, 0.3) is 0 Å². The third-order valence-electron chi connectivity index (χ3n) is 10.8. The van der Waals surface area contributed by atoms with Crippen LogP contribution >= 0.6 is 0 Å². The maximum atomic E-state index is 13.2. The van der Waals surface area contributed by atoms with E-state index in [2.05, 4.69) is 135 Å². The molecule has 3 amide bonds. The summed E-state index contributed by atoms with van der Waals surface area (Å²) in [4.78, 5) is 43.9. The fourth-order valence-electron chi connectivity index (χ4n) is 7.94. The summed E-state index contributed by atoms with van der Waals surface area (Å²) in [5, 5.41) is 13.0. The normalized spacial score (nSPS) is 13.4. The summed E-state index contributed by atoms with van der Waals surface area (Å²) in [5.74, 6) is 0.152. The summed E-state index contributed by atoms with van der Waals surface area (Å²) in [6.45, 7) is 41.7. The molecule has 54 heavy (non-hydrogen) atoms. The van der Waals surface area contributed by atoms with Crippen molar-refractivity contribution in [1.82, 2.24) is 31.1 Å². The summed E-state index contributed by atoms with van der Waals surface area (Å²) in [7, 11) is 0. The first-order chi connectivity index (χ1) is 24.6. The van der Waals surface area contributed by atoms with Gasteiger partial charge in [-0.2, -0.15) is 0 Å². The van der Waals surface area contributed by atoms with Gasteiger partial charge in [-0.3, -0.25) is 14.4 Å². The first-order valence-electron chi connectivity index (χ1n) is 21.3. The molecule has 0 fully saturated rings. The van der Waals surface area contributed by atoms with Crippen molar-refractivity contribution in [3.8, 4) is 0 Å². The monoisotopic (exact) mass is 766 g/mol. The van der Waals surface area contributed by atoms with Gasteiger partial charge in [-0.25, -0.2) is 0 Å². The van der Waals surface area contributed by atoms with Gasteiger partial charge in [-0.15, -0.1) is 0 Å². The standard InChI is InChI=1S/C44H91N7O3/c1-16-40(6,7)31-43(12,13)34-48-36(52)18-24-50(25-19-37(53)49-35-44(14,15)32-41(8,9)17-2)28-29-51(27-23-46-22-21-45)26-20-38(54)47-33-42(10,11)30-39(3,4)5/h46H,16-35,45H2,1-15H3,(H,47,54)(H,48,52)(H,49,53). The number of amides is 3. The lowest BCUT2D eigenvalue weighted by Gasteiger charge is -2.34. The zero-order valence-electron chi connectivity index (χ0n) is 38.3. The van der Waals surface area contributed by atoms with Gasteiger partial charge in [0.2, 0.25) is 17.7 Å². The van der Waals surface area contributed by atoms with Crippen LogP contribution in [0.2, 0.25) is 0 Å². The van der Waals surface area contributed by atoms with Crippen LogP contribution in [0.1, 0.15) is 155 Å². The van der Waals surface area contributed by atoms with Crippen molar-refractivity contribution in [3.05, 3.63) is 0 Å². The Hall–Kier alpha value is -1.75. The van der Waals surface area contributed by atoms with E-state index in [9.17, 15) is 14.4 Å². The lowest BCUT2D eigenvalue weighted by atomic mass is 9.73. The average Bonchev–Trinajstić information content (AvgIpc) is 3.03. The molecule has 0 aliphatic carbocycles. The fourth-order valence-corrected chi connectivity index (χ4v) is 7.94. The fraction of sp³-hybridized carbons (Fsp3) is 0.932. The zero-order valence-corrected chi connectivity index (χ0v) is 38.3. The Labute approximate surface area is 334 Å². The van der Waals surface area contributed by atoms with Crippen LogP contribution < -0.4 is 27.0 Å². The molecule has 0 aromatic rings. The highest BCUT2D eigenvalue weighted by Gasteiger charge is 2.30. The van der Waals surface area contributed by atoms with Gasteiger partial charge in [0.05, 0.1) is 0 Å². The molecule has 0 saturated heterocycles. The molecule has 0 heterocycles. The quantitative estimate of drug-likeness (QED) is 0.0507. The Kier molecular flexibility index (Phi) is 23.3. The lowest BCUT2D eigenvalue weighted by molar-refractivity contribution is -0.123. The van der Waals surface area contributed by atoms with Crippen molar-refractivity contribution >= 4 is 17.7 Å². The highest BCUT2D eigenvalue weighted by atomic mass is 16.2. The SMILES string of the molecule is CCC(C)(C)CC(C)(C)CNC(=O)CCN(CCC(=O)NCC(C)(C)CC(C)(C)CC)CCN(CCNCCN)CCC(=O)NCC(C)(C)CC(C)(C)C. The topological polar surface area (TPSA) is 132 Å². The average molecular weight is 766 g/mol. The first-order valence-corrected chi connectivity index (χ1v) is 21.3. The molecular formula is C44H91N7O3. The Balaban J connectivity index is 5.60. The third-order valence-corrected chi connectivity index (χ3v) is 10.8. The van der Waals surface area contributed by atoms with E-state index >= 15 is 0 Å². The molecule has 0 saturated carbocycles. The number of carbonyl (C=O) groups is 3. The minimum Gasteiger partial charge on any atom is -0.356 e. The van der Waals surface area contributed by atoms with E-state index in [1.807, 2.05) is 0 Å². The van der Waals surface area contributed by atoms with Crippen molar-refractivity contribution in [2.75, 3.05) is 78.5 Å². The molecule has 0 atom stereocenters. The number of hydrogen-bond donors (Lipinski definition) is 5. The van der Waals surface area contributed by atoms with E-state index in [1.54, 1.807) is 0 Å². The van der Waals surface area contributed by atoms with Gasteiger partial charge in [0.1, 0.15) is 0 Å². The molecule has 320 valence electrons. The molecule has 0 unspecified atom stereocenters. The lowest BCUT2D eigenvalue weighted by Crippen LogP contribution is -2.43. The predicted octanol–water partition coefficient (Wildman–Crippen LogP) is 6.83. The van der Waals surface area contributed by atoms with E-state index < -0.39 is 0 Å². The van der Waals surface area contributed by atoms with Gasteiger partial charge >= 0.3 is 0 Å². The van der Waals surface area contributed by atoms with Gasteiger partial charge in [0.15, 0.2) is 0 Å². The molecule has 0 rings (SSSR count). The smallest absolute Gasteiger partial charge is 0.221 e. The second-order valence-electron chi connectivity index (χ2n) is 21.4. The van der Waals surface area contributed by atoms with Crippen LogP contribution in [-0.2, 0) is 14.4 Å². The third kappa shape index (κ3) is 27.8. The van der Waals surface area contributed by atoms with Crippen molar-refractivity contribution in [2.24, 2.45) is 38.2 Å². The highest BCUT2D eigenvalue weighted by Crippen LogP contribution is 2.36. The summed E-state index contributed by atoms with van der Waals surface area (Å²) in [6, 6.07) is 0. The van der Waals surface area contributed by atoms with Gasteiger partial charge in [-0.05, 0) is 51.8 Å². The Morgan fingerprint density at radius 3 is 1.11 bits per heavy atom. The number of hydrogen-bond acceptors (Lipinski definition) is 7. The van der Waals surface area contributed by atoms with Gasteiger partial charge in [-0.1, -0.05) is 117 Å². The van der Waals surface area contributed by atoms with Crippen molar-refractivity contribution in [3.63, 3.8) is 0 Å². The summed E-state index contributed by atoms with van der Waals surface area (Å²) in [5.41, 5.74) is 6.38. The maximum Gasteiger partial charge on any atom is 0.221 e. The number of nitrogens with two attached hydrogens (primary N) is 1. The minimum atomic E-state index is 0.000136. The molecular weight excluding hydrogens is 675 g/mol. The van der Waals surface area contributed by atoms with E-state index in [-0.39, 0.29) is 50.2 Å². The van der Waals surface area contributed by atoms with Gasteiger partial charge < -0.3 is 36.8 Å². The summed E-state index contributed by atoms with van der Waals surface area (Å²) in [6.07, 6.45) is 6.46. The van der Waals surface area contributed by atoms with E-state index in [0.29, 0.717) is 71.6 Å². The molecule has 0 spiro atoms. The molecule has 0 aliphatic heterocycles. The molecule has 0 aromatic heterocycles. The Morgan fingerprint density at radius 2 is 0.796 bits per heavy atom. The maximum absolute atomic E-state index is 13.2. The van der Waals surface area contributed by atoms with Crippen LogP contribution in [-0.4, -0.2) is 106 Å².